The number of esters is 1. The molecule has 1 atom stereocenters. The van der Waals surface area contributed by atoms with Crippen molar-refractivity contribution in [2.75, 3.05) is 0 Å². The van der Waals surface area contributed by atoms with Crippen LogP contribution in [0.1, 0.15) is 17.3 Å². The lowest BCUT2D eigenvalue weighted by molar-refractivity contribution is -0.0488. The largest absolute Gasteiger partial charge is 0.454 e. The normalized spacial score (nSPS) is 20.2. The van der Waals surface area contributed by atoms with Crippen molar-refractivity contribution in [3.63, 3.8) is 0 Å². The number of carbonyl (C=O) groups excluding carboxylic acids is 1. The van der Waals surface area contributed by atoms with Gasteiger partial charge in [0.25, 0.3) is 0 Å². The summed E-state index contributed by atoms with van der Waals surface area (Å²) >= 11 is 3.27. The van der Waals surface area contributed by atoms with Crippen molar-refractivity contribution in [3.8, 4) is 5.75 Å². The van der Waals surface area contributed by atoms with Crippen LogP contribution < -0.4 is 4.74 Å². The van der Waals surface area contributed by atoms with Gasteiger partial charge in [0.15, 0.2) is 0 Å². The maximum absolute atomic E-state index is 11.3. The SMILES string of the molecule is CC1OC(=O)c2cc(Br)ccc2O1. The second-order valence-corrected chi connectivity index (χ2v) is 3.65. The molecular weight excluding hydrogens is 236 g/mol. The zero-order valence-corrected chi connectivity index (χ0v) is 8.50. The number of ether oxygens (including phenoxy) is 2. The van der Waals surface area contributed by atoms with Crippen molar-refractivity contribution in [1.82, 2.24) is 0 Å². The molecule has 0 aliphatic carbocycles. The smallest absolute Gasteiger partial charge is 0.345 e. The predicted octanol–water partition coefficient (Wildman–Crippen LogP) is 2.34. The summed E-state index contributed by atoms with van der Waals surface area (Å²) in [7, 11) is 0. The van der Waals surface area contributed by atoms with Gasteiger partial charge in [-0.25, -0.2) is 4.79 Å². The monoisotopic (exact) mass is 242 g/mol. The van der Waals surface area contributed by atoms with E-state index in [4.69, 9.17) is 9.47 Å². The topological polar surface area (TPSA) is 35.5 Å². The van der Waals surface area contributed by atoms with Gasteiger partial charge in [-0.05, 0) is 18.2 Å². The third-order valence-corrected chi connectivity index (χ3v) is 2.22. The maximum atomic E-state index is 11.3. The van der Waals surface area contributed by atoms with E-state index >= 15 is 0 Å². The summed E-state index contributed by atoms with van der Waals surface area (Å²) in [4.78, 5) is 11.3. The molecule has 0 amide bonds. The minimum atomic E-state index is -0.499. The standard InChI is InChI=1S/C9H7BrO3/c1-5-12-8-3-2-6(10)4-7(8)9(11)13-5/h2-5H,1H3. The molecule has 0 aromatic heterocycles. The lowest BCUT2D eigenvalue weighted by Gasteiger charge is -2.22. The van der Waals surface area contributed by atoms with E-state index in [9.17, 15) is 4.79 Å². The second-order valence-electron chi connectivity index (χ2n) is 2.73. The Kier molecular flexibility index (Phi) is 2.00. The average molecular weight is 243 g/mol. The first-order valence-corrected chi connectivity index (χ1v) is 4.63. The minimum Gasteiger partial charge on any atom is -0.454 e. The van der Waals surface area contributed by atoms with E-state index in [1.165, 1.54) is 0 Å². The number of benzene rings is 1. The van der Waals surface area contributed by atoms with Crippen LogP contribution >= 0.6 is 15.9 Å². The van der Waals surface area contributed by atoms with Crippen LogP contribution in [-0.4, -0.2) is 12.3 Å². The van der Waals surface area contributed by atoms with E-state index in [1.807, 2.05) is 6.07 Å². The van der Waals surface area contributed by atoms with Gasteiger partial charge in [-0.2, -0.15) is 0 Å². The van der Waals surface area contributed by atoms with Crippen LogP contribution in [0.4, 0.5) is 0 Å². The van der Waals surface area contributed by atoms with E-state index < -0.39 is 6.29 Å². The van der Waals surface area contributed by atoms with Crippen molar-refractivity contribution in [2.24, 2.45) is 0 Å². The van der Waals surface area contributed by atoms with Gasteiger partial charge in [0, 0.05) is 11.4 Å². The Morgan fingerprint density at radius 3 is 2.92 bits per heavy atom. The molecule has 0 N–H and O–H groups in total. The van der Waals surface area contributed by atoms with Crippen molar-refractivity contribution in [3.05, 3.63) is 28.2 Å². The Morgan fingerprint density at radius 2 is 2.15 bits per heavy atom. The summed E-state index contributed by atoms with van der Waals surface area (Å²) in [6.45, 7) is 1.68. The van der Waals surface area contributed by atoms with E-state index in [0.717, 1.165) is 4.47 Å². The van der Waals surface area contributed by atoms with Crippen LogP contribution in [0.25, 0.3) is 0 Å². The molecule has 0 saturated carbocycles. The summed E-state index contributed by atoms with van der Waals surface area (Å²) in [6.07, 6.45) is -0.499. The Morgan fingerprint density at radius 1 is 1.38 bits per heavy atom. The molecule has 0 radical (unpaired) electrons. The van der Waals surface area contributed by atoms with Gasteiger partial charge in [-0.15, -0.1) is 0 Å². The summed E-state index contributed by atoms with van der Waals surface area (Å²) in [5.41, 5.74) is 0.465. The summed E-state index contributed by atoms with van der Waals surface area (Å²) < 4.78 is 11.0. The second kappa shape index (κ2) is 3.03. The molecule has 0 bridgehead atoms. The number of hydrogen-bond acceptors (Lipinski definition) is 3. The molecule has 3 nitrogen and oxygen atoms in total. The molecule has 2 rings (SSSR count). The van der Waals surface area contributed by atoms with Crippen molar-refractivity contribution >= 4 is 21.9 Å². The number of hydrogen-bond donors (Lipinski definition) is 0. The molecule has 13 heavy (non-hydrogen) atoms. The lowest BCUT2D eigenvalue weighted by Crippen LogP contribution is -2.26. The van der Waals surface area contributed by atoms with Gasteiger partial charge in [0.2, 0.25) is 6.29 Å². The van der Waals surface area contributed by atoms with E-state index in [0.29, 0.717) is 11.3 Å². The fourth-order valence-corrected chi connectivity index (χ4v) is 1.54. The van der Waals surface area contributed by atoms with Crippen LogP contribution in [0, 0.1) is 0 Å². The van der Waals surface area contributed by atoms with Crippen LogP contribution in [0.15, 0.2) is 22.7 Å². The minimum absolute atomic E-state index is 0.338. The predicted molar refractivity (Wildman–Crippen MR) is 49.6 cm³/mol. The van der Waals surface area contributed by atoms with Crippen LogP contribution in [0.2, 0.25) is 0 Å². The van der Waals surface area contributed by atoms with Crippen LogP contribution in [-0.2, 0) is 4.74 Å². The molecule has 0 fully saturated rings. The van der Waals surface area contributed by atoms with Crippen molar-refractivity contribution < 1.29 is 14.3 Å². The molecule has 1 aliphatic heterocycles. The number of cyclic esters (lactones) is 1. The Labute approximate surface area is 83.8 Å². The quantitative estimate of drug-likeness (QED) is 0.656. The van der Waals surface area contributed by atoms with Gasteiger partial charge >= 0.3 is 5.97 Å². The van der Waals surface area contributed by atoms with E-state index in [-0.39, 0.29) is 5.97 Å². The highest BCUT2D eigenvalue weighted by molar-refractivity contribution is 9.10. The number of halogens is 1. The Bertz CT molecular complexity index is 362. The maximum Gasteiger partial charge on any atom is 0.345 e. The first-order chi connectivity index (χ1) is 6.16. The first kappa shape index (κ1) is 8.56. The molecule has 1 aromatic rings. The molecule has 4 heteroatoms. The summed E-state index contributed by atoms with van der Waals surface area (Å²) in [5.74, 6) is 0.238. The molecule has 1 aromatic carbocycles. The number of rotatable bonds is 0. The van der Waals surface area contributed by atoms with Crippen LogP contribution in [0.5, 0.6) is 5.75 Å². The van der Waals surface area contributed by atoms with Gasteiger partial charge in [0.05, 0.1) is 0 Å². The Hall–Kier alpha value is -1.03. The van der Waals surface area contributed by atoms with Gasteiger partial charge in [-0.3, -0.25) is 0 Å². The average Bonchev–Trinajstić information content (AvgIpc) is 2.06. The molecule has 0 spiro atoms. The van der Waals surface area contributed by atoms with Crippen molar-refractivity contribution in [1.29, 1.82) is 0 Å². The van der Waals surface area contributed by atoms with E-state index in [1.54, 1.807) is 19.1 Å². The first-order valence-electron chi connectivity index (χ1n) is 3.84. The number of fused-ring (bicyclic) bond motifs is 1. The molecule has 1 unspecified atom stereocenters. The molecule has 68 valence electrons. The molecule has 0 saturated heterocycles. The van der Waals surface area contributed by atoms with E-state index in [2.05, 4.69) is 15.9 Å². The molecule has 1 aliphatic rings. The highest BCUT2D eigenvalue weighted by Crippen LogP contribution is 2.28. The van der Waals surface area contributed by atoms with Crippen LogP contribution in [0.3, 0.4) is 0 Å². The molecule has 1 heterocycles. The summed E-state index contributed by atoms with van der Waals surface area (Å²) in [6, 6.07) is 5.25. The zero-order valence-electron chi connectivity index (χ0n) is 6.91. The zero-order chi connectivity index (χ0) is 9.42. The summed E-state index contributed by atoms with van der Waals surface area (Å²) in [5, 5.41) is 0. The van der Waals surface area contributed by atoms with Crippen molar-refractivity contribution in [2.45, 2.75) is 13.2 Å². The fourth-order valence-electron chi connectivity index (χ4n) is 1.18. The fraction of sp³-hybridized carbons (Fsp3) is 0.222. The third-order valence-electron chi connectivity index (χ3n) is 1.73. The number of carbonyl (C=O) groups is 1. The lowest BCUT2D eigenvalue weighted by atomic mass is 10.2. The van der Waals surface area contributed by atoms with Gasteiger partial charge in [0.1, 0.15) is 11.3 Å². The highest BCUT2D eigenvalue weighted by atomic mass is 79.9. The van der Waals surface area contributed by atoms with Gasteiger partial charge in [-0.1, -0.05) is 15.9 Å². The van der Waals surface area contributed by atoms with Gasteiger partial charge < -0.3 is 9.47 Å². The Balaban J connectivity index is 2.49. The highest BCUT2D eigenvalue weighted by Gasteiger charge is 2.24. The third kappa shape index (κ3) is 1.54. The molecular formula is C9H7BrO3.